The van der Waals surface area contributed by atoms with Gasteiger partial charge in [0, 0.05) is 19.0 Å². The van der Waals surface area contributed by atoms with Gasteiger partial charge in [0.25, 0.3) is 0 Å². The zero-order valence-corrected chi connectivity index (χ0v) is 15.9. The highest BCUT2D eigenvalue weighted by atomic mass is 32.2. The summed E-state index contributed by atoms with van der Waals surface area (Å²) < 4.78 is 27.9. The Bertz CT molecular complexity index is 799. The molecule has 8 heteroatoms. The van der Waals surface area contributed by atoms with E-state index in [2.05, 4.69) is 29.5 Å². The van der Waals surface area contributed by atoms with E-state index in [-0.39, 0.29) is 10.9 Å². The van der Waals surface area contributed by atoms with Crippen molar-refractivity contribution in [2.75, 3.05) is 6.54 Å². The fourth-order valence-corrected chi connectivity index (χ4v) is 2.72. The van der Waals surface area contributed by atoms with Gasteiger partial charge < -0.3 is 15.1 Å². The molecule has 2 aromatic rings. The molecule has 0 amide bonds. The molecule has 0 spiro atoms. The molecule has 26 heavy (non-hydrogen) atoms. The molecule has 4 N–H and O–H groups in total. The van der Waals surface area contributed by atoms with Crippen LogP contribution in [0.2, 0.25) is 0 Å². The van der Waals surface area contributed by atoms with Crippen LogP contribution in [-0.4, -0.2) is 27.0 Å². The first-order valence-electron chi connectivity index (χ1n) is 8.57. The van der Waals surface area contributed by atoms with E-state index < -0.39 is 10.0 Å². The van der Waals surface area contributed by atoms with Crippen molar-refractivity contribution in [3.63, 3.8) is 0 Å². The Balaban J connectivity index is 1.98. The molecule has 1 atom stereocenters. The molecule has 7 nitrogen and oxygen atoms in total. The van der Waals surface area contributed by atoms with Crippen molar-refractivity contribution in [2.24, 2.45) is 10.1 Å². The van der Waals surface area contributed by atoms with Crippen molar-refractivity contribution < 1.29 is 12.8 Å². The maximum Gasteiger partial charge on any atom is 0.238 e. The third-order valence-corrected chi connectivity index (χ3v) is 4.84. The quantitative estimate of drug-likeness (QED) is 0.481. The molecule has 0 radical (unpaired) electrons. The summed E-state index contributed by atoms with van der Waals surface area (Å²) in [6.45, 7) is 5.31. The smallest absolute Gasteiger partial charge is 0.238 e. The van der Waals surface area contributed by atoms with Gasteiger partial charge in [0.15, 0.2) is 5.96 Å². The minimum absolute atomic E-state index is 0.0970. The van der Waals surface area contributed by atoms with Crippen LogP contribution in [0.15, 0.2) is 57.0 Å². The molecule has 0 aliphatic heterocycles. The van der Waals surface area contributed by atoms with E-state index in [1.807, 2.05) is 12.1 Å². The third-order valence-electron chi connectivity index (χ3n) is 3.91. The van der Waals surface area contributed by atoms with Crippen molar-refractivity contribution in [2.45, 2.75) is 44.2 Å². The number of furan rings is 1. The van der Waals surface area contributed by atoms with Crippen LogP contribution in [0, 0.1) is 0 Å². The number of nitrogens with one attached hydrogen (secondary N) is 2. The Morgan fingerprint density at radius 3 is 2.58 bits per heavy atom. The average Bonchev–Trinajstić information content (AvgIpc) is 3.12. The molecule has 2 rings (SSSR count). The lowest BCUT2D eigenvalue weighted by atomic mass is 10.2. The third kappa shape index (κ3) is 6.53. The van der Waals surface area contributed by atoms with E-state index >= 15 is 0 Å². The second-order valence-electron chi connectivity index (χ2n) is 6.06. The standard InChI is InChI=1S/C18H26N4O3S/c1-3-14(2)22-18(20-11-10-16-5-4-12-25-16)21-13-15-6-8-17(9-7-15)26(19,23)24/h4-9,12,14H,3,10-11,13H2,1-2H3,(H2,19,23,24)(H2,20,21,22). The molecule has 1 aromatic carbocycles. The number of hydrogen-bond acceptors (Lipinski definition) is 4. The van der Waals surface area contributed by atoms with Crippen LogP contribution in [-0.2, 0) is 23.0 Å². The van der Waals surface area contributed by atoms with Gasteiger partial charge in [0.1, 0.15) is 5.76 Å². The van der Waals surface area contributed by atoms with Crippen LogP contribution in [0.25, 0.3) is 0 Å². The number of sulfonamides is 1. The largest absolute Gasteiger partial charge is 0.469 e. The fraction of sp³-hybridized carbons (Fsp3) is 0.389. The van der Waals surface area contributed by atoms with E-state index in [1.54, 1.807) is 18.4 Å². The molecule has 0 aliphatic rings. The SMILES string of the molecule is CCC(C)NC(=NCc1ccc(S(N)(=O)=O)cc1)NCCc1ccco1. The Morgan fingerprint density at radius 2 is 2.00 bits per heavy atom. The number of primary sulfonamides is 1. The van der Waals surface area contributed by atoms with Crippen LogP contribution in [0.3, 0.4) is 0 Å². The highest BCUT2D eigenvalue weighted by Crippen LogP contribution is 2.09. The minimum Gasteiger partial charge on any atom is -0.469 e. The summed E-state index contributed by atoms with van der Waals surface area (Å²) in [7, 11) is -3.67. The topological polar surface area (TPSA) is 110 Å². The Labute approximate surface area is 154 Å². The van der Waals surface area contributed by atoms with E-state index in [0.717, 1.165) is 24.2 Å². The predicted octanol–water partition coefficient (Wildman–Crippen LogP) is 2.00. The number of aliphatic imine (C=N–C) groups is 1. The molecule has 0 saturated carbocycles. The van der Waals surface area contributed by atoms with Crippen LogP contribution in [0.5, 0.6) is 0 Å². The number of hydrogen-bond donors (Lipinski definition) is 3. The molecule has 142 valence electrons. The number of guanidine groups is 1. The summed E-state index contributed by atoms with van der Waals surface area (Å²) in [6.07, 6.45) is 3.39. The zero-order valence-electron chi connectivity index (χ0n) is 15.1. The van der Waals surface area contributed by atoms with Gasteiger partial charge in [-0.3, -0.25) is 0 Å². The number of benzene rings is 1. The summed E-state index contributed by atoms with van der Waals surface area (Å²) in [6, 6.07) is 10.5. The van der Waals surface area contributed by atoms with Gasteiger partial charge in [-0.2, -0.15) is 0 Å². The minimum atomic E-state index is -3.67. The normalized spacial score (nSPS) is 13.4. The lowest BCUT2D eigenvalue weighted by molar-refractivity contribution is 0.506. The van der Waals surface area contributed by atoms with Crippen LogP contribution >= 0.6 is 0 Å². The number of rotatable bonds is 8. The van der Waals surface area contributed by atoms with Gasteiger partial charge in [-0.25, -0.2) is 18.5 Å². The van der Waals surface area contributed by atoms with Crippen LogP contribution in [0.1, 0.15) is 31.6 Å². The summed E-state index contributed by atoms with van der Waals surface area (Å²) in [5.41, 5.74) is 0.897. The average molecular weight is 378 g/mol. The van der Waals surface area contributed by atoms with Crippen molar-refractivity contribution in [1.82, 2.24) is 10.6 Å². The molecule has 0 fully saturated rings. The maximum absolute atomic E-state index is 11.3. The van der Waals surface area contributed by atoms with Crippen LogP contribution < -0.4 is 15.8 Å². The maximum atomic E-state index is 11.3. The molecule has 0 aliphatic carbocycles. The fourth-order valence-electron chi connectivity index (χ4n) is 2.20. The van der Waals surface area contributed by atoms with Crippen LogP contribution in [0.4, 0.5) is 0 Å². The second-order valence-corrected chi connectivity index (χ2v) is 7.62. The second kappa shape index (κ2) is 9.40. The highest BCUT2D eigenvalue weighted by molar-refractivity contribution is 7.89. The van der Waals surface area contributed by atoms with Gasteiger partial charge in [-0.05, 0) is 43.2 Å². The first kappa shape index (κ1) is 20.0. The van der Waals surface area contributed by atoms with Crippen molar-refractivity contribution >= 4 is 16.0 Å². The van der Waals surface area contributed by atoms with Gasteiger partial charge >= 0.3 is 0 Å². The molecule has 1 heterocycles. The summed E-state index contributed by atoms with van der Waals surface area (Å²) in [5.74, 6) is 1.63. The summed E-state index contributed by atoms with van der Waals surface area (Å²) >= 11 is 0. The van der Waals surface area contributed by atoms with E-state index in [0.29, 0.717) is 19.0 Å². The Hall–Kier alpha value is -2.32. The molecule has 1 aromatic heterocycles. The van der Waals surface area contributed by atoms with Gasteiger partial charge in [0.2, 0.25) is 10.0 Å². The number of nitrogens with zero attached hydrogens (tertiary/aromatic N) is 1. The lowest BCUT2D eigenvalue weighted by Gasteiger charge is -2.17. The van der Waals surface area contributed by atoms with Crippen molar-refractivity contribution in [1.29, 1.82) is 0 Å². The first-order valence-corrected chi connectivity index (χ1v) is 10.1. The molecule has 0 bridgehead atoms. The molecular weight excluding hydrogens is 352 g/mol. The van der Waals surface area contributed by atoms with Crippen molar-refractivity contribution in [3.05, 3.63) is 54.0 Å². The summed E-state index contributed by atoms with van der Waals surface area (Å²) in [5, 5.41) is 11.7. The number of nitrogens with two attached hydrogens (primary N) is 1. The van der Waals surface area contributed by atoms with Crippen molar-refractivity contribution in [3.8, 4) is 0 Å². The first-order chi connectivity index (χ1) is 12.4. The molecule has 1 unspecified atom stereocenters. The molecule has 0 saturated heterocycles. The monoisotopic (exact) mass is 378 g/mol. The zero-order chi connectivity index (χ0) is 19.0. The van der Waals surface area contributed by atoms with Gasteiger partial charge in [0.05, 0.1) is 17.7 Å². The predicted molar refractivity (Wildman–Crippen MR) is 102 cm³/mol. The van der Waals surface area contributed by atoms with Gasteiger partial charge in [-0.1, -0.05) is 19.1 Å². The Kier molecular flexibility index (Phi) is 7.23. The highest BCUT2D eigenvalue weighted by Gasteiger charge is 2.07. The lowest BCUT2D eigenvalue weighted by Crippen LogP contribution is -2.42. The summed E-state index contributed by atoms with van der Waals surface area (Å²) in [4.78, 5) is 4.67. The van der Waals surface area contributed by atoms with E-state index in [9.17, 15) is 8.42 Å². The van der Waals surface area contributed by atoms with Gasteiger partial charge in [-0.15, -0.1) is 0 Å². The van der Waals surface area contributed by atoms with E-state index in [4.69, 9.17) is 9.56 Å². The Morgan fingerprint density at radius 1 is 1.27 bits per heavy atom. The molecular formula is C18H26N4O3S. The van der Waals surface area contributed by atoms with E-state index in [1.165, 1.54) is 12.1 Å².